The second kappa shape index (κ2) is 8.55. The van der Waals surface area contributed by atoms with Crippen LogP contribution in [0.5, 0.6) is 0 Å². The minimum Gasteiger partial charge on any atom is -0.477 e. The van der Waals surface area contributed by atoms with Gasteiger partial charge in [0.2, 0.25) is 5.91 Å². The molecule has 162 valence electrons. The van der Waals surface area contributed by atoms with Gasteiger partial charge in [0.1, 0.15) is 5.70 Å². The number of β-lactam (4-membered cyclic amide) rings is 1. The molecule has 0 aromatic rings. The zero-order chi connectivity index (χ0) is 20.7. The Morgan fingerprint density at radius 2 is 1.93 bits per heavy atom. The summed E-state index contributed by atoms with van der Waals surface area (Å²) in [7, 11) is 0. The molecule has 4 rings (SSSR count). The van der Waals surface area contributed by atoms with Gasteiger partial charge in [-0.25, -0.2) is 4.79 Å². The van der Waals surface area contributed by atoms with Crippen LogP contribution >= 0.6 is 11.8 Å². The predicted molar refractivity (Wildman–Crippen MR) is 111 cm³/mol. The highest BCUT2D eigenvalue weighted by Gasteiger charge is 2.60. The summed E-state index contributed by atoms with van der Waals surface area (Å²) in [4.78, 5) is 31.6. The number of aliphatic hydroxyl groups is 1. The normalized spacial score (nSPS) is 34.4. The lowest BCUT2D eigenvalue weighted by atomic mass is 9.79. The number of carboxylic acids is 1. The Balaban J connectivity index is 1.37. The number of hydrogen-bond donors (Lipinski definition) is 3. The number of carboxylic acid groups (broad SMARTS) is 1. The number of carbonyl (C=O) groups is 2. The van der Waals surface area contributed by atoms with Crippen molar-refractivity contribution in [3.05, 3.63) is 10.6 Å². The van der Waals surface area contributed by atoms with E-state index in [-0.39, 0.29) is 23.6 Å². The van der Waals surface area contributed by atoms with Gasteiger partial charge in [-0.15, -0.1) is 11.8 Å². The third-order valence-corrected chi connectivity index (χ3v) is 8.31. The van der Waals surface area contributed by atoms with E-state index in [1.54, 1.807) is 18.7 Å². The van der Waals surface area contributed by atoms with Gasteiger partial charge in [0.15, 0.2) is 0 Å². The molecule has 8 nitrogen and oxygen atoms in total. The largest absolute Gasteiger partial charge is 0.477 e. The molecule has 3 N–H and O–H groups in total. The van der Waals surface area contributed by atoms with Crippen molar-refractivity contribution in [1.29, 1.82) is 0 Å². The second-order valence-corrected chi connectivity index (χ2v) is 10.0. The number of nitrogens with zero attached hydrogens (tertiary/aromatic N) is 3. The van der Waals surface area contributed by atoms with Crippen molar-refractivity contribution in [2.45, 2.75) is 37.7 Å². The summed E-state index contributed by atoms with van der Waals surface area (Å²) in [6, 6.07) is -0.221. The SMILES string of the molecule is CC(O)[C@H]1C(=O)N2C(C(=O)O)=C(S[C@@H]3CCN(CCN4CCNCC4)C3)[C@H](C)[C@H]12. The highest BCUT2D eigenvalue weighted by molar-refractivity contribution is 8.03. The lowest BCUT2D eigenvalue weighted by Crippen LogP contribution is -2.63. The molecule has 0 aromatic carbocycles. The van der Waals surface area contributed by atoms with Gasteiger partial charge < -0.3 is 25.3 Å². The van der Waals surface area contributed by atoms with Crippen LogP contribution in [0, 0.1) is 11.8 Å². The third kappa shape index (κ3) is 3.95. The van der Waals surface area contributed by atoms with Gasteiger partial charge in [-0.05, 0) is 19.9 Å². The van der Waals surface area contributed by atoms with Crippen molar-refractivity contribution in [3.8, 4) is 0 Å². The number of nitrogens with one attached hydrogen (secondary N) is 1. The molecule has 4 aliphatic heterocycles. The number of aliphatic carboxylic acids is 1. The highest BCUT2D eigenvalue weighted by atomic mass is 32.2. The first kappa shape index (κ1) is 21.1. The van der Waals surface area contributed by atoms with Crippen molar-refractivity contribution in [3.63, 3.8) is 0 Å². The monoisotopic (exact) mass is 424 g/mol. The first-order valence-corrected chi connectivity index (χ1v) is 11.6. The maximum absolute atomic E-state index is 12.5. The number of thioether (sulfide) groups is 1. The third-order valence-electron chi connectivity index (χ3n) is 6.78. The van der Waals surface area contributed by atoms with E-state index in [9.17, 15) is 19.8 Å². The molecule has 0 bridgehead atoms. The number of hydrogen-bond acceptors (Lipinski definition) is 7. The summed E-state index contributed by atoms with van der Waals surface area (Å²) in [5.41, 5.74) is 0.147. The summed E-state index contributed by atoms with van der Waals surface area (Å²) in [5.74, 6) is -1.82. The van der Waals surface area contributed by atoms with Crippen LogP contribution in [0.15, 0.2) is 10.6 Å². The van der Waals surface area contributed by atoms with Crippen molar-refractivity contribution >= 4 is 23.6 Å². The minimum absolute atomic E-state index is 0.0432. The fourth-order valence-corrected chi connectivity index (χ4v) is 6.69. The minimum atomic E-state index is -1.03. The van der Waals surface area contributed by atoms with Crippen molar-refractivity contribution in [2.75, 3.05) is 52.4 Å². The van der Waals surface area contributed by atoms with Gasteiger partial charge in [0.05, 0.1) is 18.1 Å². The fourth-order valence-electron chi connectivity index (χ4n) is 5.17. The van der Waals surface area contributed by atoms with Crippen molar-refractivity contribution < 1.29 is 19.8 Å². The Labute approximate surface area is 176 Å². The molecule has 1 unspecified atom stereocenters. The lowest BCUT2D eigenvalue weighted by molar-refractivity contribution is -0.163. The highest BCUT2D eigenvalue weighted by Crippen LogP contribution is 2.51. The molecule has 0 aromatic heterocycles. The Morgan fingerprint density at radius 1 is 1.24 bits per heavy atom. The van der Waals surface area contributed by atoms with E-state index < -0.39 is 18.0 Å². The van der Waals surface area contributed by atoms with E-state index in [4.69, 9.17) is 0 Å². The number of fused-ring (bicyclic) bond motifs is 1. The van der Waals surface area contributed by atoms with Crippen LogP contribution in [0.4, 0.5) is 0 Å². The first-order chi connectivity index (χ1) is 13.9. The van der Waals surface area contributed by atoms with E-state index >= 15 is 0 Å². The van der Waals surface area contributed by atoms with Gasteiger partial charge in [0.25, 0.3) is 0 Å². The number of aliphatic hydroxyl groups excluding tert-OH is 1. The van der Waals surface area contributed by atoms with E-state index in [0.29, 0.717) is 5.25 Å². The summed E-state index contributed by atoms with van der Waals surface area (Å²) >= 11 is 1.65. The van der Waals surface area contributed by atoms with Crippen LogP contribution in [0.25, 0.3) is 0 Å². The van der Waals surface area contributed by atoms with Crippen LogP contribution in [-0.2, 0) is 9.59 Å². The molecule has 1 amide bonds. The van der Waals surface area contributed by atoms with Crippen LogP contribution < -0.4 is 5.32 Å². The average molecular weight is 425 g/mol. The summed E-state index contributed by atoms with van der Waals surface area (Å²) in [6.07, 6.45) is 0.283. The van der Waals surface area contributed by atoms with E-state index in [1.165, 1.54) is 4.90 Å². The topological polar surface area (TPSA) is 96.3 Å². The lowest BCUT2D eigenvalue weighted by Gasteiger charge is -2.46. The first-order valence-electron chi connectivity index (χ1n) is 10.7. The number of carbonyl (C=O) groups excluding carboxylic acids is 1. The van der Waals surface area contributed by atoms with Crippen LogP contribution in [0.1, 0.15) is 20.3 Å². The summed E-state index contributed by atoms with van der Waals surface area (Å²) < 4.78 is 0. The molecule has 0 radical (unpaired) electrons. The molecule has 3 fully saturated rings. The van der Waals surface area contributed by atoms with Gasteiger partial charge in [-0.3, -0.25) is 9.69 Å². The molecular weight excluding hydrogens is 392 g/mol. The number of amides is 1. The van der Waals surface area contributed by atoms with Crippen molar-refractivity contribution in [1.82, 2.24) is 20.0 Å². The van der Waals surface area contributed by atoms with Crippen molar-refractivity contribution in [2.24, 2.45) is 11.8 Å². The second-order valence-electron chi connectivity index (χ2n) is 8.69. The maximum Gasteiger partial charge on any atom is 0.353 e. The Hall–Kier alpha value is -1.13. The van der Waals surface area contributed by atoms with E-state index in [0.717, 1.165) is 63.7 Å². The molecule has 0 aliphatic carbocycles. The fraction of sp³-hybridized carbons (Fsp3) is 0.800. The van der Waals surface area contributed by atoms with Gasteiger partial charge in [0, 0.05) is 61.9 Å². The molecule has 4 aliphatic rings. The molecule has 29 heavy (non-hydrogen) atoms. The number of rotatable bonds is 7. The maximum atomic E-state index is 12.5. The Kier molecular flexibility index (Phi) is 6.22. The quantitative estimate of drug-likeness (QED) is 0.486. The average Bonchev–Trinajstić information content (AvgIpc) is 3.22. The van der Waals surface area contributed by atoms with E-state index in [1.807, 2.05) is 6.92 Å². The Morgan fingerprint density at radius 3 is 2.59 bits per heavy atom. The molecular formula is C20H32N4O4S. The van der Waals surface area contributed by atoms with E-state index in [2.05, 4.69) is 15.1 Å². The van der Waals surface area contributed by atoms with Crippen LogP contribution in [-0.4, -0.2) is 107 Å². The molecule has 4 heterocycles. The Bertz CT molecular complexity index is 694. The number of likely N-dealkylation sites (tertiary alicyclic amines) is 1. The van der Waals surface area contributed by atoms with Gasteiger partial charge >= 0.3 is 5.97 Å². The summed E-state index contributed by atoms with van der Waals surface area (Å²) in [6.45, 7) is 12.1. The molecule has 3 saturated heterocycles. The standard InChI is InChI=1S/C20H32N4O4S/c1-12-16-15(13(2)25)19(26)24(16)17(20(27)28)18(12)29-14-3-6-23(11-14)10-9-22-7-4-21-5-8-22/h12-16,21,25H,3-11H2,1-2H3,(H,27,28)/t12-,13?,14-,15-,16-/m1/s1. The zero-order valence-corrected chi connectivity index (χ0v) is 18.0. The van der Waals surface area contributed by atoms with Crippen LogP contribution in [0.2, 0.25) is 0 Å². The number of piperazine rings is 1. The molecule has 5 atom stereocenters. The predicted octanol–water partition coefficient (Wildman–Crippen LogP) is -0.147. The molecule has 0 saturated carbocycles. The summed E-state index contributed by atoms with van der Waals surface area (Å²) in [5, 5.41) is 23.5. The molecule has 9 heteroatoms. The smallest absolute Gasteiger partial charge is 0.353 e. The van der Waals surface area contributed by atoms with Gasteiger partial charge in [-0.2, -0.15) is 0 Å². The molecule has 0 spiro atoms. The zero-order valence-electron chi connectivity index (χ0n) is 17.2. The van der Waals surface area contributed by atoms with Crippen LogP contribution in [0.3, 0.4) is 0 Å². The van der Waals surface area contributed by atoms with Gasteiger partial charge in [-0.1, -0.05) is 6.92 Å².